The summed E-state index contributed by atoms with van der Waals surface area (Å²) in [5, 5.41) is 13.2. The molecule has 2 aromatic rings. The van der Waals surface area contributed by atoms with Crippen LogP contribution in [0.1, 0.15) is 68.8 Å². The number of pyridine rings is 1. The Bertz CT molecular complexity index is 1040. The number of rotatable bonds is 5. The zero-order valence-electron chi connectivity index (χ0n) is 20.0. The highest BCUT2D eigenvalue weighted by molar-refractivity contribution is 5.99. The van der Waals surface area contributed by atoms with Crippen LogP contribution in [0.5, 0.6) is 0 Å². The maximum atomic E-state index is 12.9. The van der Waals surface area contributed by atoms with Gasteiger partial charge in [-0.25, -0.2) is 4.98 Å². The summed E-state index contributed by atoms with van der Waals surface area (Å²) >= 11 is 0. The molecule has 0 radical (unpaired) electrons. The van der Waals surface area contributed by atoms with Crippen LogP contribution < -0.4 is 11.1 Å². The summed E-state index contributed by atoms with van der Waals surface area (Å²) in [7, 11) is 0. The van der Waals surface area contributed by atoms with Crippen molar-refractivity contribution in [2.24, 2.45) is 5.92 Å². The number of amides is 1. The van der Waals surface area contributed by atoms with Crippen LogP contribution in [0.2, 0.25) is 0 Å². The highest BCUT2D eigenvalue weighted by Gasteiger charge is 2.60. The van der Waals surface area contributed by atoms with E-state index in [9.17, 15) is 9.90 Å². The molecular weight excluding hydrogens is 412 g/mol. The highest BCUT2D eigenvalue weighted by atomic mass is 16.3. The van der Waals surface area contributed by atoms with Crippen LogP contribution in [-0.2, 0) is 5.41 Å². The summed E-state index contributed by atoms with van der Waals surface area (Å²) in [6, 6.07) is 11.3. The largest absolute Gasteiger partial charge is 0.390 e. The van der Waals surface area contributed by atoms with Gasteiger partial charge in [0.25, 0.3) is 5.91 Å². The Morgan fingerprint density at radius 2 is 1.91 bits per heavy atom. The fourth-order valence-electron chi connectivity index (χ4n) is 5.82. The summed E-state index contributed by atoms with van der Waals surface area (Å²) in [4.78, 5) is 19.8. The number of aromatic nitrogens is 1. The number of nitrogens with two attached hydrogens (primary N) is 1. The Balaban J connectivity index is 1.30. The van der Waals surface area contributed by atoms with Gasteiger partial charge in [0, 0.05) is 42.3 Å². The van der Waals surface area contributed by atoms with Gasteiger partial charge in [-0.15, -0.1) is 0 Å². The van der Waals surface area contributed by atoms with E-state index in [2.05, 4.69) is 53.3 Å². The number of nitrogens with one attached hydrogen (secondary N) is 1. The third-order valence-corrected chi connectivity index (χ3v) is 8.26. The first kappa shape index (κ1) is 22.4. The average molecular weight is 449 g/mol. The standard InChI is InChI=1S/C27H36N4O2/c1-17(2)31-15-21-13-27(21,16-31)20-6-4-18(5-7-20)19-12-23(24(28)29-14-19)25(32)30-22-8-10-26(3,33)11-9-22/h4-7,12,14,17,21-22,33H,8-11,13,15-16H2,1-3H3,(H2,28,29)(H,30,32)/t21-,22-,26-,27+/m0/s1. The highest BCUT2D eigenvalue weighted by Crippen LogP contribution is 2.59. The van der Waals surface area contributed by atoms with E-state index in [1.54, 1.807) is 6.20 Å². The van der Waals surface area contributed by atoms with E-state index in [-0.39, 0.29) is 17.8 Å². The minimum absolute atomic E-state index is 0.0580. The lowest BCUT2D eigenvalue weighted by Gasteiger charge is -2.33. The fraction of sp³-hybridized carbons (Fsp3) is 0.556. The minimum Gasteiger partial charge on any atom is -0.390 e. The number of carbonyl (C=O) groups is 1. The summed E-state index contributed by atoms with van der Waals surface area (Å²) < 4.78 is 0. The molecule has 2 aliphatic carbocycles. The van der Waals surface area contributed by atoms with Gasteiger partial charge in [-0.2, -0.15) is 0 Å². The van der Waals surface area contributed by atoms with Crippen molar-refractivity contribution in [3.63, 3.8) is 0 Å². The van der Waals surface area contributed by atoms with Gasteiger partial charge in [-0.1, -0.05) is 24.3 Å². The number of likely N-dealkylation sites (tertiary alicyclic amines) is 1. The molecule has 176 valence electrons. The lowest BCUT2D eigenvalue weighted by atomic mass is 9.83. The molecule has 3 aliphatic rings. The summed E-state index contributed by atoms with van der Waals surface area (Å²) in [5.74, 6) is 0.835. The molecule has 0 bridgehead atoms. The lowest BCUT2D eigenvalue weighted by Crippen LogP contribution is -2.42. The first-order valence-electron chi connectivity index (χ1n) is 12.3. The maximum Gasteiger partial charge on any atom is 0.255 e. The van der Waals surface area contributed by atoms with Gasteiger partial charge in [0.05, 0.1) is 11.2 Å². The molecule has 6 heteroatoms. The predicted octanol–water partition coefficient (Wildman–Crippen LogP) is 3.74. The van der Waals surface area contributed by atoms with Crippen molar-refractivity contribution in [2.75, 3.05) is 18.8 Å². The first-order chi connectivity index (χ1) is 15.7. The van der Waals surface area contributed by atoms with Crippen molar-refractivity contribution in [1.82, 2.24) is 15.2 Å². The Labute approximate surface area is 196 Å². The van der Waals surface area contributed by atoms with Crippen molar-refractivity contribution in [2.45, 2.75) is 76.0 Å². The Hall–Kier alpha value is -2.44. The molecule has 0 spiro atoms. The molecule has 6 nitrogen and oxygen atoms in total. The molecule has 2 saturated carbocycles. The SMILES string of the molecule is CC(C)N1C[C@@H]2C[C@]2(c2ccc(-c3cnc(N)c(C(=O)N[C@H]4CC[C@](C)(O)CC4)c3)cc2)C1. The second-order valence-corrected chi connectivity index (χ2v) is 11.1. The third-order valence-electron chi connectivity index (χ3n) is 8.26. The van der Waals surface area contributed by atoms with E-state index in [0.29, 0.717) is 29.9 Å². The number of piperidine rings is 1. The average Bonchev–Trinajstić information content (AvgIpc) is 3.36. The van der Waals surface area contributed by atoms with Gasteiger partial charge in [0.1, 0.15) is 5.82 Å². The third kappa shape index (κ3) is 4.26. The minimum atomic E-state index is -0.625. The van der Waals surface area contributed by atoms with Crippen LogP contribution in [0, 0.1) is 5.92 Å². The number of fused-ring (bicyclic) bond motifs is 1. The lowest BCUT2D eigenvalue weighted by molar-refractivity contribution is 0.0140. The Morgan fingerprint density at radius 3 is 2.55 bits per heavy atom. The van der Waals surface area contributed by atoms with E-state index in [1.165, 1.54) is 18.5 Å². The van der Waals surface area contributed by atoms with Gasteiger partial charge >= 0.3 is 0 Å². The number of nitrogens with zero attached hydrogens (tertiary/aromatic N) is 2. The molecule has 2 heterocycles. The smallest absolute Gasteiger partial charge is 0.255 e. The molecule has 1 aliphatic heterocycles. The quantitative estimate of drug-likeness (QED) is 0.648. The Kier molecular flexibility index (Phi) is 5.49. The molecule has 2 atom stereocenters. The van der Waals surface area contributed by atoms with Crippen molar-refractivity contribution in [1.29, 1.82) is 0 Å². The molecule has 0 unspecified atom stereocenters. The van der Waals surface area contributed by atoms with Crippen LogP contribution in [0.15, 0.2) is 36.5 Å². The van der Waals surface area contributed by atoms with Crippen molar-refractivity contribution < 1.29 is 9.90 Å². The molecule has 1 amide bonds. The normalized spacial score (nSPS) is 31.4. The van der Waals surface area contributed by atoms with E-state index in [0.717, 1.165) is 36.4 Å². The van der Waals surface area contributed by atoms with Crippen molar-refractivity contribution in [3.8, 4) is 11.1 Å². The number of benzene rings is 1. The molecule has 4 N–H and O–H groups in total. The molecular formula is C27H36N4O2. The van der Waals surface area contributed by atoms with E-state index >= 15 is 0 Å². The van der Waals surface area contributed by atoms with Gasteiger partial charge in [-0.05, 0) is 76.0 Å². The number of aliphatic hydroxyl groups is 1. The molecule has 3 fully saturated rings. The number of carbonyl (C=O) groups excluding carboxylic acids is 1. The van der Waals surface area contributed by atoms with Gasteiger partial charge in [-0.3, -0.25) is 9.69 Å². The van der Waals surface area contributed by atoms with Crippen LogP contribution >= 0.6 is 0 Å². The monoisotopic (exact) mass is 448 g/mol. The number of nitrogen functional groups attached to an aromatic ring is 1. The summed E-state index contributed by atoms with van der Waals surface area (Å²) in [5.41, 5.74) is 9.55. The first-order valence-corrected chi connectivity index (χ1v) is 12.3. The number of hydrogen-bond acceptors (Lipinski definition) is 5. The second-order valence-electron chi connectivity index (χ2n) is 11.1. The van der Waals surface area contributed by atoms with Crippen molar-refractivity contribution in [3.05, 3.63) is 47.7 Å². The predicted molar refractivity (Wildman–Crippen MR) is 131 cm³/mol. The zero-order chi connectivity index (χ0) is 23.4. The van der Waals surface area contributed by atoms with Crippen molar-refractivity contribution >= 4 is 11.7 Å². The molecule has 1 aromatic heterocycles. The number of hydrogen-bond donors (Lipinski definition) is 3. The molecule has 33 heavy (non-hydrogen) atoms. The van der Waals surface area contributed by atoms with Gasteiger partial charge in [0.15, 0.2) is 0 Å². The van der Waals surface area contributed by atoms with Gasteiger partial charge < -0.3 is 16.2 Å². The van der Waals surface area contributed by atoms with Crippen LogP contribution in [0.4, 0.5) is 5.82 Å². The fourth-order valence-corrected chi connectivity index (χ4v) is 5.82. The van der Waals surface area contributed by atoms with Crippen LogP contribution in [0.25, 0.3) is 11.1 Å². The number of anilines is 1. The van der Waals surface area contributed by atoms with Crippen LogP contribution in [-0.4, -0.2) is 51.7 Å². The van der Waals surface area contributed by atoms with E-state index in [1.807, 2.05) is 13.0 Å². The molecule has 1 saturated heterocycles. The maximum absolute atomic E-state index is 12.9. The summed E-state index contributed by atoms with van der Waals surface area (Å²) in [6.07, 6.45) is 5.95. The summed E-state index contributed by atoms with van der Waals surface area (Å²) in [6.45, 7) is 8.78. The van der Waals surface area contributed by atoms with Gasteiger partial charge in [0.2, 0.25) is 0 Å². The van der Waals surface area contributed by atoms with E-state index in [4.69, 9.17) is 5.73 Å². The van der Waals surface area contributed by atoms with Crippen LogP contribution in [0.3, 0.4) is 0 Å². The molecule has 5 rings (SSSR count). The second kappa shape index (κ2) is 8.10. The molecule has 1 aromatic carbocycles. The topological polar surface area (TPSA) is 91.5 Å². The Morgan fingerprint density at radius 1 is 1.21 bits per heavy atom. The zero-order valence-corrected chi connectivity index (χ0v) is 20.0. The van der Waals surface area contributed by atoms with E-state index < -0.39 is 5.60 Å².